The van der Waals surface area contributed by atoms with Gasteiger partial charge in [0, 0.05) is 13.1 Å². The van der Waals surface area contributed by atoms with Gasteiger partial charge >= 0.3 is 5.97 Å². The molecule has 146 valence electrons. The van der Waals surface area contributed by atoms with Crippen molar-refractivity contribution < 1.29 is 22.7 Å². The zero-order valence-corrected chi connectivity index (χ0v) is 16.3. The van der Waals surface area contributed by atoms with Crippen LogP contribution in [-0.4, -0.2) is 51.4 Å². The number of esters is 1. The summed E-state index contributed by atoms with van der Waals surface area (Å²) in [4.78, 5) is 26.1. The van der Waals surface area contributed by atoms with Gasteiger partial charge in [0.15, 0.2) is 6.61 Å². The Morgan fingerprint density at radius 1 is 1.30 bits per heavy atom. The summed E-state index contributed by atoms with van der Waals surface area (Å²) in [6.45, 7) is 4.94. The molecule has 8 heteroatoms. The first-order valence-corrected chi connectivity index (χ1v) is 10.2. The fraction of sp³-hybridized carbons (Fsp3) is 0.474. The number of hydrogen-bond donors (Lipinski definition) is 1. The Bertz CT molecular complexity index is 834. The second kappa shape index (κ2) is 9.02. The van der Waals surface area contributed by atoms with Gasteiger partial charge in [-0.3, -0.25) is 4.79 Å². The van der Waals surface area contributed by atoms with Crippen molar-refractivity contribution in [2.75, 3.05) is 26.2 Å². The van der Waals surface area contributed by atoms with Gasteiger partial charge in [0.2, 0.25) is 10.0 Å². The molecule has 1 aromatic rings. The summed E-state index contributed by atoms with van der Waals surface area (Å²) in [5.74, 6) is 1.99. The highest BCUT2D eigenvalue weighted by molar-refractivity contribution is 7.89. The fourth-order valence-electron chi connectivity index (χ4n) is 3.18. The van der Waals surface area contributed by atoms with E-state index in [1.54, 1.807) is 4.90 Å². The molecular weight excluding hydrogens is 368 g/mol. The Balaban J connectivity index is 1.99. The number of benzene rings is 1. The summed E-state index contributed by atoms with van der Waals surface area (Å²) in [5.41, 5.74) is 0.0479. The summed E-state index contributed by atoms with van der Waals surface area (Å²) in [5, 5.41) is 0. The number of carbonyl (C=O) groups excluding carboxylic acids is 2. The third-order valence-corrected chi connectivity index (χ3v) is 5.69. The lowest BCUT2D eigenvalue weighted by Gasteiger charge is -2.34. The Labute approximate surface area is 160 Å². The quantitative estimate of drug-likeness (QED) is 0.581. The highest BCUT2D eigenvalue weighted by Crippen LogP contribution is 2.21. The van der Waals surface area contributed by atoms with E-state index in [0.29, 0.717) is 24.9 Å². The highest BCUT2D eigenvalue weighted by Gasteiger charge is 2.26. The molecule has 1 aromatic carbocycles. The number of rotatable bonds is 6. The van der Waals surface area contributed by atoms with E-state index >= 15 is 0 Å². The molecule has 1 saturated heterocycles. The lowest BCUT2D eigenvalue weighted by molar-refractivity contribution is -0.137. The topological polar surface area (TPSA) is 92.8 Å². The monoisotopic (exact) mass is 392 g/mol. The van der Waals surface area contributed by atoms with E-state index in [9.17, 15) is 18.0 Å². The van der Waals surface area contributed by atoms with Crippen molar-refractivity contribution in [1.29, 1.82) is 0 Å². The predicted octanol–water partition coefficient (Wildman–Crippen LogP) is 1.26. The molecule has 2 rings (SSSR count). The smallest absolute Gasteiger partial charge is 0.338 e. The van der Waals surface area contributed by atoms with Crippen LogP contribution in [0.3, 0.4) is 0 Å². The van der Waals surface area contributed by atoms with Gasteiger partial charge in [0.05, 0.1) is 17.0 Å². The summed E-state index contributed by atoms with van der Waals surface area (Å²) in [6, 6.07) is 5.39. The van der Waals surface area contributed by atoms with Crippen LogP contribution >= 0.6 is 0 Å². The molecule has 0 radical (unpaired) electrons. The molecule has 7 nitrogen and oxygen atoms in total. The van der Waals surface area contributed by atoms with Crippen molar-refractivity contribution in [2.45, 2.75) is 25.2 Å². The van der Waals surface area contributed by atoms with Crippen molar-refractivity contribution in [3.63, 3.8) is 0 Å². The summed E-state index contributed by atoms with van der Waals surface area (Å²) in [7, 11) is -3.81. The number of amides is 1. The van der Waals surface area contributed by atoms with Crippen molar-refractivity contribution in [1.82, 2.24) is 9.62 Å². The molecule has 0 unspecified atom stereocenters. The first-order valence-electron chi connectivity index (χ1n) is 8.71. The van der Waals surface area contributed by atoms with Gasteiger partial charge in [-0.1, -0.05) is 25.8 Å². The minimum Gasteiger partial charge on any atom is -0.452 e. The van der Waals surface area contributed by atoms with Crippen LogP contribution in [0.4, 0.5) is 0 Å². The van der Waals surface area contributed by atoms with E-state index in [4.69, 9.17) is 11.2 Å². The zero-order valence-electron chi connectivity index (χ0n) is 15.5. The Hall–Kier alpha value is -2.37. The molecule has 0 saturated carbocycles. The highest BCUT2D eigenvalue weighted by atomic mass is 32.2. The van der Waals surface area contributed by atoms with Crippen LogP contribution in [0.2, 0.25) is 0 Å². The third kappa shape index (κ3) is 5.81. The second-order valence-electron chi connectivity index (χ2n) is 6.88. The van der Waals surface area contributed by atoms with Gasteiger partial charge < -0.3 is 9.64 Å². The van der Waals surface area contributed by atoms with E-state index in [2.05, 4.69) is 24.5 Å². The number of nitrogens with zero attached hydrogens (tertiary/aromatic N) is 1. The molecule has 0 bridgehead atoms. The number of sulfonamides is 1. The molecule has 1 aliphatic heterocycles. The first-order chi connectivity index (χ1) is 12.7. The maximum atomic E-state index is 12.3. The minimum absolute atomic E-state index is 0.0479. The molecule has 27 heavy (non-hydrogen) atoms. The van der Waals surface area contributed by atoms with E-state index in [0.717, 1.165) is 6.42 Å². The Morgan fingerprint density at radius 2 is 1.96 bits per heavy atom. The Kier molecular flexibility index (Phi) is 6.99. The number of terminal acetylenes is 1. The predicted molar refractivity (Wildman–Crippen MR) is 100 cm³/mol. The molecule has 1 N–H and O–H groups in total. The molecule has 0 spiro atoms. The summed E-state index contributed by atoms with van der Waals surface area (Å²) >= 11 is 0. The van der Waals surface area contributed by atoms with Crippen molar-refractivity contribution >= 4 is 21.9 Å². The molecule has 0 aliphatic carbocycles. The summed E-state index contributed by atoms with van der Waals surface area (Å²) in [6.07, 6.45) is 6.12. The molecule has 1 aliphatic rings. The van der Waals surface area contributed by atoms with Crippen LogP contribution in [0, 0.1) is 24.2 Å². The lowest BCUT2D eigenvalue weighted by Crippen LogP contribution is -2.44. The molecule has 1 amide bonds. The van der Waals surface area contributed by atoms with Crippen molar-refractivity contribution in [2.24, 2.45) is 11.8 Å². The number of nitrogens with one attached hydrogen (secondary N) is 1. The minimum atomic E-state index is -3.81. The van der Waals surface area contributed by atoms with Crippen LogP contribution < -0.4 is 4.72 Å². The maximum Gasteiger partial charge on any atom is 0.338 e. The molecule has 0 aromatic heterocycles. The van der Waals surface area contributed by atoms with Gasteiger partial charge in [-0.05, 0) is 36.5 Å². The average Bonchev–Trinajstić information content (AvgIpc) is 2.63. The average molecular weight is 392 g/mol. The van der Waals surface area contributed by atoms with Crippen LogP contribution in [0.25, 0.3) is 0 Å². The number of ether oxygens (including phenoxy) is 1. The number of likely N-dealkylation sites (tertiary alicyclic amines) is 1. The fourth-order valence-corrected chi connectivity index (χ4v) is 4.16. The zero-order chi connectivity index (χ0) is 20.0. The Morgan fingerprint density at radius 3 is 2.59 bits per heavy atom. The maximum absolute atomic E-state index is 12.3. The second-order valence-corrected chi connectivity index (χ2v) is 8.64. The van der Waals surface area contributed by atoms with Gasteiger partial charge in [-0.2, -0.15) is 4.72 Å². The van der Waals surface area contributed by atoms with Crippen LogP contribution in [0.15, 0.2) is 29.2 Å². The number of carbonyl (C=O) groups is 2. The SMILES string of the molecule is C#CCNS(=O)(=O)c1cccc(C(=O)OCC(=O)N2C[C@H](C)C[C@H](C)C2)c1. The van der Waals surface area contributed by atoms with Gasteiger partial charge in [0.1, 0.15) is 0 Å². The van der Waals surface area contributed by atoms with Gasteiger partial charge in [-0.15, -0.1) is 6.42 Å². The molecule has 1 fully saturated rings. The normalized spacial score (nSPS) is 20.0. The van der Waals surface area contributed by atoms with Crippen molar-refractivity contribution in [3.05, 3.63) is 29.8 Å². The largest absolute Gasteiger partial charge is 0.452 e. The van der Waals surface area contributed by atoms with E-state index in [1.165, 1.54) is 24.3 Å². The van der Waals surface area contributed by atoms with Crippen LogP contribution in [0.5, 0.6) is 0 Å². The van der Waals surface area contributed by atoms with Crippen LogP contribution in [-0.2, 0) is 19.6 Å². The third-order valence-electron chi connectivity index (χ3n) is 4.29. The van der Waals surface area contributed by atoms with Crippen molar-refractivity contribution in [3.8, 4) is 12.3 Å². The molecule has 1 heterocycles. The van der Waals surface area contributed by atoms with Gasteiger partial charge in [0.25, 0.3) is 5.91 Å². The summed E-state index contributed by atoms with van der Waals surface area (Å²) < 4.78 is 31.5. The first kappa shape index (κ1) is 20.9. The number of hydrogen-bond acceptors (Lipinski definition) is 5. The lowest BCUT2D eigenvalue weighted by atomic mass is 9.92. The molecular formula is C19H24N2O5S. The van der Waals surface area contributed by atoms with Gasteiger partial charge in [-0.25, -0.2) is 13.2 Å². The van der Waals surface area contributed by atoms with E-state index in [1.807, 2.05) is 0 Å². The number of piperidine rings is 1. The van der Waals surface area contributed by atoms with Crippen LogP contribution in [0.1, 0.15) is 30.6 Å². The standard InChI is InChI=1S/C19H24N2O5S/c1-4-8-20-27(24,25)17-7-5-6-16(10-17)19(23)26-13-18(22)21-11-14(2)9-15(3)12-21/h1,5-7,10,14-15,20H,8-9,11-13H2,2-3H3/t14-,15+. The molecule has 2 atom stereocenters. The van der Waals surface area contributed by atoms with E-state index < -0.39 is 16.0 Å². The van der Waals surface area contributed by atoms with E-state index in [-0.39, 0.29) is 29.5 Å².